The van der Waals surface area contributed by atoms with E-state index >= 15 is 0 Å². The molecule has 28 heavy (non-hydrogen) atoms. The lowest BCUT2D eigenvalue weighted by Gasteiger charge is -2.33. The molecular weight excluding hydrogens is 386 g/mol. The number of pyridine rings is 1. The zero-order valence-corrected chi connectivity index (χ0v) is 17.3. The van der Waals surface area contributed by atoms with E-state index in [-0.39, 0.29) is 11.7 Å². The number of nitrogens with zero attached hydrogens (tertiary/aromatic N) is 2. The van der Waals surface area contributed by atoms with E-state index in [4.69, 9.17) is 21.1 Å². The molecule has 1 aromatic rings. The summed E-state index contributed by atoms with van der Waals surface area (Å²) in [5.41, 5.74) is -0.268. The fraction of sp³-hybridized carbons (Fsp3) is 0.579. The maximum Gasteiger partial charge on any atom is 0.410 e. The highest BCUT2D eigenvalue weighted by Gasteiger charge is 2.33. The van der Waals surface area contributed by atoms with Crippen LogP contribution in [0.15, 0.2) is 18.3 Å². The summed E-state index contributed by atoms with van der Waals surface area (Å²) in [6, 6.07) is 3.23. The molecule has 1 saturated heterocycles. The van der Waals surface area contributed by atoms with Crippen LogP contribution in [0.4, 0.5) is 10.5 Å². The van der Waals surface area contributed by atoms with Crippen LogP contribution in [0.3, 0.4) is 0 Å². The number of halogens is 1. The van der Waals surface area contributed by atoms with Gasteiger partial charge in [0, 0.05) is 19.3 Å². The smallest absolute Gasteiger partial charge is 0.410 e. The molecule has 2 heterocycles. The minimum atomic E-state index is -1.01. The first-order valence-electron chi connectivity index (χ1n) is 9.16. The molecule has 0 aromatic carbocycles. The Labute approximate surface area is 169 Å². The summed E-state index contributed by atoms with van der Waals surface area (Å²) in [5.74, 6) is -1.53. The lowest BCUT2D eigenvalue weighted by molar-refractivity contribution is -0.158. The van der Waals surface area contributed by atoms with E-state index in [1.54, 1.807) is 32.9 Å². The third-order valence-electron chi connectivity index (χ3n) is 4.09. The van der Waals surface area contributed by atoms with Crippen LogP contribution >= 0.6 is 11.6 Å². The minimum Gasteiger partial charge on any atom is -0.452 e. The first-order chi connectivity index (χ1) is 13.1. The maximum atomic E-state index is 12.5. The van der Waals surface area contributed by atoms with Gasteiger partial charge in [-0.25, -0.2) is 9.78 Å². The fourth-order valence-electron chi connectivity index (χ4n) is 2.70. The van der Waals surface area contributed by atoms with Gasteiger partial charge in [0.15, 0.2) is 11.3 Å². The number of carbonyl (C=O) groups excluding carboxylic acids is 3. The monoisotopic (exact) mass is 411 g/mol. The van der Waals surface area contributed by atoms with Gasteiger partial charge in [-0.2, -0.15) is 0 Å². The number of carbonyl (C=O) groups is 3. The molecule has 0 radical (unpaired) electrons. The lowest BCUT2D eigenvalue weighted by atomic mass is 9.98. The molecule has 0 saturated carbocycles. The second kappa shape index (κ2) is 9.23. The molecule has 1 fully saturated rings. The van der Waals surface area contributed by atoms with Crippen molar-refractivity contribution in [2.75, 3.05) is 18.4 Å². The number of amides is 2. The van der Waals surface area contributed by atoms with Crippen LogP contribution in [-0.2, 0) is 19.1 Å². The van der Waals surface area contributed by atoms with Crippen LogP contribution in [0.2, 0.25) is 5.15 Å². The van der Waals surface area contributed by atoms with Crippen molar-refractivity contribution in [3.05, 3.63) is 23.5 Å². The molecule has 154 valence electrons. The van der Waals surface area contributed by atoms with Gasteiger partial charge in [-0.3, -0.25) is 9.59 Å². The van der Waals surface area contributed by atoms with Crippen molar-refractivity contribution in [1.29, 1.82) is 0 Å². The van der Waals surface area contributed by atoms with E-state index in [1.165, 1.54) is 18.0 Å². The quantitative estimate of drug-likeness (QED) is 0.603. The van der Waals surface area contributed by atoms with E-state index in [0.29, 0.717) is 25.1 Å². The van der Waals surface area contributed by atoms with Gasteiger partial charge >= 0.3 is 12.1 Å². The summed E-state index contributed by atoms with van der Waals surface area (Å²) in [5, 5.41) is 2.72. The van der Waals surface area contributed by atoms with Gasteiger partial charge in [0.1, 0.15) is 5.60 Å². The highest BCUT2D eigenvalue weighted by molar-refractivity contribution is 6.32. The van der Waals surface area contributed by atoms with Crippen molar-refractivity contribution in [3.63, 3.8) is 0 Å². The SMILES string of the molecule is CC(OC(=O)C1CCCN(C(=O)OC(C)(C)C)C1)C(=O)Nc1cccnc1Cl. The number of hydrogen-bond acceptors (Lipinski definition) is 6. The van der Waals surface area contributed by atoms with Crippen LogP contribution in [0.25, 0.3) is 0 Å². The Balaban J connectivity index is 1.89. The highest BCUT2D eigenvalue weighted by atomic mass is 35.5. The third-order valence-corrected chi connectivity index (χ3v) is 4.39. The Bertz CT molecular complexity index is 735. The number of anilines is 1. The molecule has 1 N–H and O–H groups in total. The topological polar surface area (TPSA) is 97.8 Å². The van der Waals surface area contributed by atoms with Crippen molar-refractivity contribution in [2.24, 2.45) is 5.92 Å². The van der Waals surface area contributed by atoms with Crippen LogP contribution in [-0.4, -0.2) is 52.6 Å². The number of aromatic nitrogens is 1. The standard InChI is InChI=1S/C19H26ClN3O5/c1-12(16(24)22-14-8-5-9-21-15(14)20)27-17(25)13-7-6-10-23(11-13)18(26)28-19(2,3)4/h5,8-9,12-13H,6-7,10-11H2,1-4H3,(H,22,24). The number of likely N-dealkylation sites (tertiary alicyclic amines) is 1. The van der Waals surface area contributed by atoms with Crippen LogP contribution in [0, 0.1) is 5.92 Å². The van der Waals surface area contributed by atoms with Crippen LogP contribution in [0.1, 0.15) is 40.5 Å². The maximum absolute atomic E-state index is 12.5. The summed E-state index contributed by atoms with van der Waals surface area (Å²) in [4.78, 5) is 42.3. The van der Waals surface area contributed by atoms with Crippen LogP contribution in [0.5, 0.6) is 0 Å². The second-order valence-corrected chi connectivity index (χ2v) is 8.03. The van der Waals surface area contributed by atoms with Crippen molar-refractivity contribution >= 4 is 35.3 Å². The normalized spacial score (nSPS) is 18.2. The molecule has 2 atom stereocenters. The molecule has 2 amide bonds. The Hall–Kier alpha value is -2.35. The molecule has 0 bridgehead atoms. The number of rotatable bonds is 4. The molecule has 2 rings (SSSR count). The zero-order chi connectivity index (χ0) is 20.9. The molecule has 9 heteroatoms. The summed E-state index contributed by atoms with van der Waals surface area (Å²) in [6.07, 6.45) is 1.27. The summed E-state index contributed by atoms with van der Waals surface area (Å²) in [6.45, 7) is 7.57. The lowest BCUT2D eigenvalue weighted by Crippen LogP contribution is -2.45. The number of piperidine rings is 1. The zero-order valence-electron chi connectivity index (χ0n) is 16.5. The first kappa shape index (κ1) is 21.9. The number of ether oxygens (including phenoxy) is 2. The third kappa shape index (κ3) is 6.37. The molecule has 1 aliphatic rings. The molecule has 0 spiro atoms. The summed E-state index contributed by atoms with van der Waals surface area (Å²) >= 11 is 5.91. The van der Waals surface area contributed by atoms with Gasteiger partial charge in [0.2, 0.25) is 0 Å². The largest absolute Gasteiger partial charge is 0.452 e. The number of hydrogen-bond donors (Lipinski definition) is 1. The van der Waals surface area contributed by atoms with E-state index in [2.05, 4.69) is 10.3 Å². The Morgan fingerprint density at radius 2 is 2.07 bits per heavy atom. The number of nitrogens with one attached hydrogen (secondary N) is 1. The molecular formula is C19H26ClN3O5. The van der Waals surface area contributed by atoms with E-state index in [9.17, 15) is 14.4 Å². The number of esters is 1. The molecule has 8 nitrogen and oxygen atoms in total. The Kier molecular flexibility index (Phi) is 7.23. The van der Waals surface area contributed by atoms with Gasteiger partial charge in [0.05, 0.1) is 11.6 Å². The van der Waals surface area contributed by atoms with E-state index < -0.39 is 35.6 Å². The Morgan fingerprint density at radius 3 is 2.71 bits per heavy atom. The molecule has 0 aliphatic carbocycles. The average molecular weight is 412 g/mol. The Morgan fingerprint density at radius 1 is 1.36 bits per heavy atom. The van der Waals surface area contributed by atoms with Crippen molar-refractivity contribution in [3.8, 4) is 0 Å². The van der Waals surface area contributed by atoms with Gasteiger partial charge in [0.25, 0.3) is 5.91 Å². The summed E-state index contributed by atoms with van der Waals surface area (Å²) in [7, 11) is 0. The second-order valence-electron chi connectivity index (χ2n) is 7.68. The van der Waals surface area contributed by atoms with Gasteiger partial charge in [-0.1, -0.05) is 11.6 Å². The van der Waals surface area contributed by atoms with Gasteiger partial charge in [-0.05, 0) is 52.7 Å². The van der Waals surface area contributed by atoms with Crippen molar-refractivity contribution in [2.45, 2.75) is 52.2 Å². The minimum absolute atomic E-state index is 0.148. The van der Waals surface area contributed by atoms with E-state index in [0.717, 1.165) is 0 Å². The van der Waals surface area contributed by atoms with E-state index in [1.807, 2.05) is 0 Å². The molecule has 1 aromatic heterocycles. The summed E-state index contributed by atoms with van der Waals surface area (Å²) < 4.78 is 10.7. The predicted molar refractivity (Wildman–Crippen MR) is 104 cm³/mol. The predicted octanol–water partition coefficient (Wildman–Crippen LogP) is 3.25. The van der Waals surface area contributed by atoms with Crippen LogP contribution < -0.4 is 5.32 Å². The van der Waals surface area contributed by atoms with Crippen molar-refractivity contribution in [1.82, 2.24) is 9.88 Å². The molecule has 2 unspecified atom stereocenters. The van der Waals surface area contributed by atoms with Gasteiger partial charge < -0.3 is 19.7 Å². The average Bonchev–Trinajstić information content (AvgIpc) is 2.62. The van der Waals surface area contributed by atoms with Crippen molar-refractivity contribution < 1.29 is 23.9 Å². The fourth-order valence-corrected chi connectivity index (χ4v) is 2.87. The first-order valence-corrected chi connectivity index (χ1v) is 9.54. The van der Waals surface area contributed by atoms with Gasteiger partial charge in [-0.15, -0.1) is 0 Å². The highest BCUT2D eigenvalue weighted by Crippen LogP contribution is 2.22. The molecule has 1 aliphatic heterocycles.